The lowest BCUT2D eigenvalue weighted by molar-refractivity contribution is -0.772. The molecule has 0 spiro atoms. The minimum atomic E-state index is 0.917. The van der Waals surface area contributed by atoms with Crippen molar-refractivity contribution in [3.63, 3.8) is 0 Å². The number of quaternary nitrogens is 1. The maximum atomic E-state index is 2.39. The zero-order chi connectivity index (χ0) is 4.57. The predicted molar refractivity (Wildman–Crippen MR) is 25.5 cm³/mol. The number of rotatable bonds is 0. The van der Waals surface area contributed by atoms with Crippen LogP contribution in [0.2, 0.25) is 0 Å². The average molecular weight is 86.2 g/mol. The molecule has 1 aliphatic rings. The smallest absolute Gasteiger partial charge is 0.0889 e. The van der Waals surface area contributed by atoms with Gasteiger partial charge in [0.05, 0.1) is 18.5 Å². The number of hydrogen-bond donors (Lipinski definition) is 1. The fourth-order valence-corrected chi connectivity index (χ4v) is 1.11. The van der Waals surface area contributed by atoms with Crippen molar-refractivity contribution >= 4 is 0 Å². The van der Waals surface area contributed by atoms with Crippen molar-refractivity contribution in [2.24, 2.45) is 0 Å². The van der Waals surface area contributed by atoms with Gasteiger partial charge in [-0.2, -0.15) is 0 Å². The molecule has 1 fully saturated rings. The molecular weight excluding hydrogens is 74.1 g/mol. The van der Waals surface area contributed by atoms with E-state index in [2.05, 4.69) is 19.2 Å². The standard InChI is InChI=1S/C5H11N/c1-4-3-5(2)6-4/h4-6H,3H2,1-2H3/p+1/t4-,5?/m0/s1. The minimum absolute atomic E-state index is 0.917. The van der Waals surface area contributed by atoms with E-state index in [0.29, 0.717) is 0 Å². The Hall–Kier alpha value is -0.0400. The van der Waals surface area contributed by atoms with E-state index in [1.165, 1.54) is 6.42 Å². The first kappa shape index (κ1) is 4.13. The molecule has 2 N–H and O–H groups in total. The molecule has 1 unspecified atom stereocenters. The summed E-state index contributed by atoms with van der Waals surface area (Å²) >= 11 is 0. The molecule has 1 heterocycles. The van der Waals surface area contributed by atoms with Crippen LogP contribution in [0.5, 0.6) is 0 Å². The zero-order valence-corrected chi connectivity index (χ0v) is 4.44. The highest BCUT2D eigenvalue weighted by Gasteiger charge is 2.23. The SMILES string of the molecule is CC1C[C@H](C)[NH2+]1. The molecule has 1 heteroatoms. The summed E-state index contributed by atoms with van der Waals surface area (Å²) < 4.78 is 0. The van der Waals surface area contributed by atoms with Crippen LogP contribution in [-0.2, 0) is 0 Å². The van der Waals surface area contributed by atoms with Gasteiger partial charge in [-0.3, -0.25) is 0 Å². The van der Waals surface area contributed by atoms with E-state index in [4.69, 9.17) is 0 Å². The van der Waals surface area contributed by atoms with Crippen molar-refractivity contribution in [3.05, 3.63) is 0 Å². The van der Waals surface area contributed by atoms with Crippen LogP contribution < -0.4 is 5.32 Å². The summed E-state index contributed by atoms with van der Waals surface area (Å²) in [5.74, 6) is 0. The highest BCUT2D eigenvalue weighted by Crippen LogP contribution is 1.96. The number of hydrogen-bond acceptors (Lipinski definition) is 0. The van der Waals surface area contributed by atoms with Gasteiger partial charge in [0.1, 0.15) is 0 Å². The maximum absolute atomic E-state index is 2.39. The van der Waals surface area contributed by atoms with Crippen LogP contribution in [-0.4, -0.2) is 12.1 Å². The molecule has 0 aromatic rings. The van der Waals surface area contributed by atoms with Crippen molar-refractivity contribution in [2.75, 3.05) is 0 Å². The maximum Gasteiger partial charge on any atom is 0.0889 e. The Labute approximate surface area is 38.7 Å². The Morgan fingerprint density at radius 1 is 1.33 bits per heavy atom. The summed E-state index contributed by atoms with van der Waals surface area (Å²) in [4.78, 5) is 0. The van der Waals surface area contributed by atoms with Gasteiger partial charge in [-0.05, 0) is 13.8 Å². The van der Waals surface area contributed by atoms with Gasteiger partial charge in [0.2, 0.25) is 0 Å². The van der Waals surface area contributed by atoms with E-state index in [1.54, 1.807) is 0 Å². The Morgan fingerprint density at radius 2 is 1.67 bits per heavy atom. The third-order valence-electron chi connectivity index (χ3n) is 1.40. The zero-order valence-electron chi connectivity index (χ0n) is 4.44. The second-order valence-corrected chi connectivity index (χ2v) is 2.38. The van der Waals surface area contributed by atoms with E-state index in [-0.39, 0.29) is 0 Å². The first-order chi connectivity index (χ1) is 2.79. The molecule has 0 bridgehead atoms. The molecule has 36 valence electrons. The first-order valence-corrected chi connectivity index (χ1v) is 2.64. The highest BCUT2D eigenvalue weighted by atomic mass is 15.0. The van der Waals surface area contributed by atoms with E-state index >= 15 is 0 Å². The van der Waals surface area contributed by atoms with Gasteiger partial charge < -0.3 is 5.32 Å². The molecule has 0 amide bonds. The van der Waals surface area contributed by atoms with Crippen LogP contribution in [0.15, 0.2) is 0 Å². The monoisotopic (exact) mass is 86.1 g/mol. The van der Waals surface area contributed by atoms with Crippen molar-refractivity contribution in [3.8, 4) is 0 Å². The van der Waals surface area contributed by atoms with Gasteiger partial charge in [0.25, 0.3) is 0 Å². The second-order valence-electron chi connectivity index (χ2n) is 2.38. The van der Waals surface area contributed by atoms with Gasteiger partial charge >= 0.3 is 0 Å². The van der Waals surface area contributed by atoms with Crippen LogP contribution in [0.1, 0.15) is 20.3 Å². The lowest BCUT2D eigenvalue weighted by Gasteiger charge is -2.26. The van der Waals surface area contributed by atoms with Crippen molar-refractivity contribution in [1.82, 2.24) is 0 Å². The van der Waals surface area contributed by atoms with E-state index in [9.17, 15) is 0 Å². The highest BCUT2D eigenvalue weighted by molar-refractivity contribution is 4.60. The molecule has 6 heavy (non-hydrogen) atoms. The Balaban J connectivity index is 2.11. The quantitative estimate of drug-likeness (QED) is 0.418. The fraction of sp³-hybridized carbons (Fsp3) is 1.00. The van der Waals surface area contributed by atoms with E-state index < -0.39 is 0 Å². The van der Waals surface area contributed by atoms with Crippen LogP contribution in [0.25, 0.3) is 0 Å². The molecule has 0 aromatic carbocycles. The lowest BCUT2D eigenvalue weighted by Crippen LogP contribution is -3.02. The molecule has 0 aromatic heterocycles. The van der Waals surface area contributed by atoms with E-state index in [1.807, 2.05) is 0 Å². The summed E-state index contributed by atoms with van der Waals surface area (Å²) in [5.41, 5.74) is 0. The molecule has 1 saturated heterocycles. The molecule has 1 nitrogen and oxygen atoms in total. The minimum Gasteiger partial charge on any atom is -0.341 e. The summed E-state index contributed by atoms with van der Waals surface area (Å²) in [6.07, 6.45) is 1.42. The molecule has 1 aliphatic heterocycles. The molecule has 0 radical (unpaired) electrons. The Morgan fingerprint density at radius 3 is 1.67 bits per heavy atom. The van der Waals surface area contributed by atoms with Crippen molar-refractivity contribution in [2.45, 2.75) is 32.4 Å². The van der Waals surface area contributed by atoms with Crippen LogP contribution in [0, 0.1) is 0 Å². The van der Waals surface area contributed by atoms with Crippen LogP contribution in [0.4, 0.5) is 0 Å². The van der Waals surface area contributed by atoms with Gasteiger partial charge in [-0.25, -0.2) is 0 Å². The first-order valence-electron chi connectivity index (χ1n) is 2.64. The summed E-state index contributed by atoms with van der Waals surface area (Å²) in [6, 6.07) is 1.83. The van der Waals surface area contributed by atoms with Gasteiger partial charge in [-0.15, -0.1) is 0 Å². The topological polar surface area (TPSA) is 16.6 Å². The second kappa shape index (κ2) is 1.23. The van der Waals surface area contributed by atoms with Gasteiger partial charge in [-0.1, -0.05) is 0 Å². The molecule has 2 atom stereocenters. The van der Waals surface area contributed by atoms with Gasteiger partial charge in [0.15, 0.2) is 0 Å². The van der Waals surface area contributed by atoms with E-state index in [0.717, 1.165) is 12.1 Å². The molecular formula is C5H12N+. The lowest BCUT2D eigenvalue weighted by atomic mass is 10.0. The Bertz CT molecular complexity index is 39.9. The van der Waals surface area contributed by atoms with Crippen LogP contribution in [0.3, 0.4) is 0 Å². The third kappa shape index (κ3) is 0.548. The predicted octanol–water partition coefficient (Wildman–Crippen LogP) is -0.269. The summed E-state index contributed by atoms with van der Waals surface area (Å²) in [5, 5.41) is 2.39. The van der Waals surface area contributed by atoms with Crippen molar-refractivity contribution < 1.29 is 5.32 Å². The van der Waals surface area contributed by atoms with Crippen LogP contribution >= 0.6 is 0 Å². The fourth-order valence-electron chi connectivity index (χ4n) is 1.11. The van der Waals surface area contributed by atoms with Gasteiger partial charge in [0, 0.05) is 0 Å². The summed E-state index contributed by atoms with van der Waals surface area (Å²) in [6.45, 7) is 4.53. The third-order valence-corrected chi connectivity index (χ3v) is 1.40. The molecule has 1 rings (SSSR count). The van der Waals surface area contributed by atoms with Crippen molar-refractivity contribution in [1.29, 1.82) is 0 Å². The number of nitrogens with two attached hydrogens (primary N) is 1. The summed E-state index contributed by atoms with van der Waals surface area (Å²) in [7, 11) is 0. The largest absolute Gasteiger partial charge is 0.341 e. The molecule has 0 aliphatic carbocycles. The molecule has 0 saturated carbocycles. The average Bonchev–Trinajstić information content (AvgIpc) is 1.33. The Kier molecular flexibility index (Phi) is 0.845. The normalized spacial score (nSPS) is 45.0.